The zero-order valence-electron chi connectivity index (χ0n) is 22.8. The van der Waals surface area contributed by atoms with Gasteiger partial charge in [-0.15, -0.1) is 0 Å². The van der Waals surface area contributed by atoms with E-state index in [4.69, 9.17) is 5.11 Å². The maximum atomic E-state index is 11.6. The average Bonchev–Trinajstić information content (AvgIpc) is 2.81. The number of carboxylic acid groups (broad SMARTS) is 2. The van der Waals surface area contributed by atoms with Gasteiger partial charge in [0.25, 0.3) is 0 Å². The van der Waals surface area contributed by atoms with Gasteiger partial charge in [0.2, 0.25) is 0 Å². The van der Waals surface area contributed by atoms with Crippen molar-refractivity contribution >= 4 is 29.5 Å². The summed E-state index contributed by atoms with van der Waals surface area (Å²) < 4.78 is 0. The number of anilines is 1. The summed E-state index contributed by atoms with van der Waals surface area (Å²) in [6.45, 7) is 11.5. The molecule has 36 heavy (non-hydrogen) atoms. The van der Waals surface area contributed by atoms with Crippen LogP contribution in [0.2, 0.25) is 0 Å². The Bertz CT molecular complexity index is 798. The Morgan fingerprint density at radius 2 is 1.56 bits per heavy atom. The molecule has 0 saturated heterocycles. The molecular weight excluding hydrogens is 474 g/mol. The fraction of sp³-hybridized carbons (Fsp3) is 0.714. The molecule has 3 N–H and O–H groups in total. The SMILES string of the molecule is C/C(=C\CSCC(Nc1cnc(C(=O)O)cn1)C(=O)O)CCCC(C)CCCC(C)CCCC(C)C. The molecule has 1 rings (SSSR count). The van der Waals surface area contributed by atoms with E-state index in [1.165, 1.54) is 63.1 Å². The molecule has 0 aliphatic rings. The van der Waals surface area contributed by atoms with Crippen molar-refractivity contribution in [2.24, 2.45) is 17.8 Å². The van der Waals surface area contributed by atoms with Crippen LogP contribution in [0.15, 0.2) is 24.0 Å². The average molecular weight is 522 g/mol. The molecule has 1 aromatic rings. The van der Waals surface area contributed by atoms with E-state index in [0.717, 1.165) is 36.1 Å². The number of aromatic nitrogens is 2. The second-order valence-corrected chi connectivity index (χ2v) is 11.6. The van der Waals surface area contributed by atoms with Gasteiger partial charge < -0.3 is 15.5 Å². The molecule has 0 saturated carbocycles. The lowest BCUT2D eigenvalue weighted by molar-refractivity contribution is -0.137. The van der Waals surface area contributed by atoms with Gasteiger partial charge in [-0.2, -0.15) is 11.8 Å². The Labute approximate surface area is 222 Å². The largest absolute Gasteiger partial charge is 0.480 e. The Hall–Kier alpha value is -2.09. The highest BCUT2D eigenvalue weighted by Crippen LogP contribution is 2.22. The van der Waals surface area contributed by atoms with Crippen LogP contribution in [0.5, 0.6) is 0 Å². The quantitative estimate of drug-likeness (QED) is 0.122. The van der Waals surface area contributed by atoms with Crippen molar-refractivity contribution in [3.63, 3.8) is 0 Å². The molecule has 8 heteroatoms. The highest BCUT2D eigenvalue weighted by Gasteiger charge is 2.18. The first-order valence-corrected chi connectivity index (χ1v) is 14.5. The van der Waals surface area contributed by atoms with Crippen molar-refractivity contribution in [1.82, 2.24) is 9.97 Å². The first-order chi connectivity index (χ1) is 17.1. The van der Waals surface area contributed by atoms with Gasteiger partial charge in [0.1, 0.15) is 11.9 Å². The van der Waals surface area contributed by atoms with E-state index in [1.807, 2.05) is 0 Å². The van der Waals surface area contributed by atoms with Crippen molar-refractivity contribution in [2.45, 2.75) is 98.4 Å². The van der Waals surface area contributed by atoms with Gasteiger partial charge in [0.15, 0.2) is 5.69 Å². The van der Waals surface area contributed by atoms with Crippen LogP contribution in [0.1, 0.15) is 103 Å². The smallest absolute Gasteiger partial charge is 0.356 e. The first-order valence-electron chi connectivity index (χ1n) is 13.4. The number of aromatic carboxylic acids is 1. The Morgan fingerprint density at radius 1 is 0.944 bits per heavy atom. The zero-order valence-corrected chi connectivity index (χ0v) is 23.6. The van der Waals surface area contributed by atoms with Crippen molar-refractivity contribution in [2.75, 3.05) is 16.8 Å². The van der Waals surface area contributed by atoms with E-state index >= 15 is 0 Å². The maximum Gasteiger partial charge on any atom is 0.356 e. The molecule has 0 aromatic carbocycles. The maximum absolute atomic E-state index is 11.6. The Balaban J connectivity index is 2.22. The number of allylic oxidation sites excluding steroid dienone is 1. The third-order valence-corrected chi connectivity index (χ3v) is 7.44. The van der Waals surface area contributed by atoms with E-state index in [1.54, 1.807) is 11.8 Å². The summed E-state index contributed by atoms with van der Waals surface area (Å²) in [6.07, 6.45) is 16.2. The summed E-state index contributed by atoms with van der Waals surface area (Å²) in [5, 5.41) is 21.2. The zero-order chi connectivity index (χ0) is 26.9. The fourth-order valence-electron chi connectivity index (χ4n) is 4.06. The van der Waals surface area contributed by atoms with Crippen LogP contribution in [0, 0.1) is 17.8 Å². The normalized spacial score (nSPS) is 14.4. The minimum Gasteiger partial charge on any atom is -0.480 e. The lowest BCUT2D eigenvalue weighted by Gasteiger charge is -2.15. The third-order valence-electron chi connectivity index (χ3n) is 6.47. The second-order valence-electron chi connectivity index (χ2n) is 10.6. The summed E-state index contributed by atoms with van der Waals surface area (Å²) >= 11 is 1.54. The summed E-state index contributed by atoms with van der Waals surface area (Å²) in [7, 11) is 0. The molecule has 3 unspecified atom stereocenters. The number of hydrogen-bond acceptors (Lipinski definition) is 6. The summed E-state index contributed by atoms with van der Waals surface area (Å²) in [4.78, 5) is 30.1. The lowest BCUT2D eigenvalue weighted by atomic mass is 9.91. The van der Waals surface area contributed by atoms with Crippen LogP contribution in [0.25, 0.3) is 0 Å². The standard InChI is InChI=1S/C28H47N3O4S/c1-20(2)9-6-10-21(3)11-7-12-22(4)13-8-14-23(5)15-16-36-19-25(28(34)35)31-26-18-29-24(17-30-26)27(32)33/h15,17-18,20-22,25H,6-14,16,19H2,1-5H3,(H,30,31)(H,32,33)(H,34,35)/b23-15+. The van der Waals surface area contributed by atoms with E-state index in [9.17, 15) is 14.7 Å². The van der Waals surface area contributed by atoms with Gasteiger partial charge in [0.05, 0.1) is 12.4 Å². The number of hydrogen-bond donors (Lipinski definition) is 3. The predicted octanol–water partition coefficient (Wildman–Crippen LogP) is 7.16. The number of nitrogens with one attached hydrogen (secondary N) is 1. The number of thioether (sulfide) groups is 1. The molecule has 3 atom stereocenters. The van der Waals surface area contributed by atoms with E-state index in [0.29, 0.717) is 5.75 Å². The van der Waals surface area contributed by atoms with Crippen LogP contribution in [-0.2, 0) is 4.79 Å². The van der Waals surface area contributed by atoms with Gasteiger partial charge in [-0.3, -0.25) is 0 Å². The molecule has 1 heterocycles. The van der Waals surface area contributed by atoms with Gasteiger partial charge in [-0.1, -0.05) is 84.3 Å². The second kappa shape index (κ2) is 18.2. The third kappa shape index (κ3) is 15.1. The first kappa shape index (κ1) is 31.9. The summed E-state index contributed by atoms with van der Waals surface area (Å²) in [6, 6.07) is -0.826. The number of carbonyl (C=O) groups is 2. The molecule has 0 bridgehead atoms. The molecule has 0 amide bonds. The van der Waals surface area contributed by atoms with Gasteiger partial charge in [-0.05, 0) is 37.5 Å². The minimum absolute atomic E-state index is 0.182. The van der Waals surface area contributed by atoms with Gasteiger partial charge >= 0.3 is 11.9 Å². The van der Waals surface area contributed by atoms with Gasteiger partial charge in [-0.25, -0.2) is 19.6 Å². The van der Waals surface area contributed by atoms with Gasteiger partial charge in [0, 0.05) is 11.5 Å². The molecule has 0 aliphatic heterocycles. The van der Waals surface area contributed by atoms with Crippen LogP contribution in [0.3, 0.4) is 0 Å². The highest BCUT2D eigenvalue weighted by atomic mass is 32.2. The molecular formula is C28H47N3O4S. The number of carboxylic acids is 2. The molecule has 0 fully saturated rings. The van der Waals surface area contributed by atoms with Crippen LogP contribution in [-0.4, -0.2) is 49.7 Å². The van der Waals surface area contributed by atoms with E-state index < -0.39 is 18.0 Å². The number of rotatable bonds is 20. The molecule has 1 aromatic heterocycles. The molecule has 0 radical (unpaired) electrons. The van der Waals surface area contributed by atoms with Crippen LogP contribution >= 0.6 is 11.8 Å². The van der Waals surface area contributed by atoms with Crippen molar-refractivity contribution in [3.05, 3.63) is 29.7 Å². The van der Waals surface area contributed by atoms with Crippen molar-refractivity contribution in [1.29, 1.82) is 0 Å². The number of aliphatic carboxylic acids is 1. The molecule has 0 spiro atoms. The van der Waals surface area contributed by atoms with Crippen LogP contribution in [0.4, 0.5) is 5.82 Å². The topological polar surface area (TPSA) is 112 Å². The number of nitrogens with zero attached hydrogens (tertiary/aromatic N) is 2. The van der Waals surface area contributed by atoms with E-state index in [-0.39, 0.29) is 11.5 Å². The Morgan fingerprint density at radius 3 is 2.08 bits per heavy atom. The van der Waals surface area contributed by atoms with Crippen molar-refractivity contribution < 1.29 is 19.8 Å². The molecule has 7 nitrogen and oxygen atoms in total. The summed E-state index contributed by atoms with van der Waals surface area (Å²) in [5.41, 5.74) is 1.17. The predicted molar refractivity (Wildman–Crippen MR) is 150 cm³/mol. The fourth-order valence-corrected chi connectivity index (χ4v) is 5.06. The van der Waals surface area contributed by atoms with E-state index in [2.05, 4.69) is 56.0 Å². The molecule has 204 valence electrons. The Kier molecular flexibility index (Phi) is 16.1. The summed E-state index contributed by atoms with van der Waals surface area (Å²) in [5.74, 6) is 1.65. The van der Waals surface area contributed by atoms with Crippen molar-refractivity contribution in [3.8, 4) is 0 Å². The minimum atomic E-state index is -1.17. The lowest BCUT2D eigenvalue weighted by Crippen LogP contribution is -2.32. The molecule has 0 aliphatic carbocycles. The van der Waals surface area contributed by atoms with Crippen LogP contribution < -0.4 is 5.32 Å². The monoisotopic (exact) mass is 521 g/mol. The highest BCUT2D eigenvalue weighted by molar-refractivity contribution is 7.99.